The van der Waals surface area contributed by atoms with Crippen LogP contribution in [0.3, 0.4) is 0 Å². The summed E-state index contributed by atoms with van der Waals surface area (Å²) in [6.07, 6.45) is 1.73. The van der Waals surface area contributed by atoms with E-state index in [1.54, 1.807) is 0 Å². The molecule has 0 aliphatic heterocycles. The molecule has 1 aromatic carbocycles. The van der Waals surface area contributed by atoms with E-state index >= 15 is 0 Å². The summed E-state index contributed by atoms with van der Waals surface area (Å²) < 4.78 is 0. The quantitative estimate of drug-likeness (QED) is 0.420. The lowest BCUT2D eigenvalue weighted by atomic mass is 9.98. The number of benzene rings is 1. The molecule has 110 valence electrons. The summed E-state index contributed by atoms with van der Waals surface area (Å²) in [4.78, 5) is 22.5. The number of non-ortho nitro benzene ring substituents is 1. The summed E-state index contributed by atoms with van der Waals surface area (Å²) in [6, 6.07) is 3.93. The third-order valence-corrected chi connectivity index (χ3v) is 2.94. The van der Waals surface area contributed by atoms with Crippen LogP contribution < -0.4 is 16.6 Å². The summed E-state index contributed by atoms with van der Waals surface area (Å²) in [5, 5.41) is 13.6. The van der Waals surface area contributed by atoms with E-state index in [4.69, 9.17) is 5.84 Å². The average Bonchev–Trinajstić information content (AvgIpc) is 2.37. The molecule has 1 rings (SSSR count). The first-order valence-electron chi connectivity index (χ1n) is 6.38. The second-order valence-corrected chi connectivity index (χ2v) is 5.22. The fourth-order valence-corrected chi connectivity index (χ4v) is 2.02. The van der Waals surface area contributed by atoms with E-state index in [-0.39, 0.29) is 22.7 Å². The van der Waals surface area contributed by atoms with Gasteiger partial charge < -0.3 is 10.7 Å². The summed E-state index contributed by atoms with van der Waals surface area (Å²) in [5.74, 6) is 4.95. The van der Waals surface area contributed by atoms with Crippen molar-refractivity contribution in [3.63, 3.8) is 0 Å². The number of amides is 1. The summed E-state index contributed by atoms with van der Waals surface area (Å²) in [6.45, 7) is 5.83. The minimum Gasteiger partial charge on any atom is -0.347 e. The van der Waals surface area contributed by atoms with Crippen molar-refractivity contribution in [2.75, 3.05) is 5.43 Å². The molecule has 0 unspecified atom stereocenters. The first-order valence-corrected chi connectivity index (χ1v) is 6.38. The number of hydrazine groups is 1. The van der Waals surface area contributed by atoms with E-state index in [1.165, 1.54) is 18.2 Å². The van der Waals surface area contributed by atoms with E-state index in [1.807, 2.05) is 20.8 Å². The predicted octanol–water partition coefficient (Wildman–Crippen LogP) is 2.19. The van der Waals surface area contributed by atoms with Gasteiger partial charge in [0.2, 0.25) is 0 Å². The van der Waals surface area contributed by atoms with E-state index in [2.05, 4.69) is 10.7 Å². The molecule has 0 saturated heterocycles. The van der Waals surface area contributed by atoms with Crippen molar-refractivity contribution in [2.45, 2.75) is 39.2 Å². The second-order valence-electron chi connectivity index (χ2n) is 5.22. The molecule has 0 saturated carbocycles. The highest BCUT2D eigenvalue weighted by Crippen LogP contribution is 2.22. The second kappa shape index (κ2) is 6.33. The van der Waals surface area contributed by atoms with Crippen molar-refractivity contribution in [1.29, 1.82) is 0 Å². The predicted molar refractivity (Wildman–Crippen MR) is 77.4 cm³/mol. The molecular formula is C13H20N4O3. The molecule has 1 amide bonds. The molecule has 0 fully saturated rings. The van der Waals surface area contributed by atoms with Gasteiger partial charge in [-0.2, -0.15) is 0 Å². The van der Waals surface area contributed by atoms with Gasteiger partial charge in [-0.15, -0.1) is 0 Å². The highest BCUT2D eigenvalue weighted by molar-refractivity contribution is 6.00. The molecule has 0 bridgehead atoms. The van der Waals surface area contributed by atoms with Gasteiger partial charge in [0.05, 0.1) is 16.2 Å². The number of nitrogen functional groups attached to an aromatic ring is 1. The van der Waals surface area contributed by atoms with Gasteiger partial charge in [0.1, 0.15) is 0 Å². The highest BCUT2D eigenvalue weighted by Gasteiger charge is 2.23. The molecule has 0 aliphatic carbocycles. The Kier molecular flexibility index (Phi) is 5.04. The molecule has 0 spiro atoms. The number of anilines is 1. The van der Waals surface area contributed by atoms with Crippen molar-refractivity contribution in [3.8, 4) is 0 Å². The Labute approximate surface area is 117 Å². The molecule has 0 aromatic heterocycles. The van der Waals surface area contributed by atoms with Crippen LogP contribution in [0.25, 0.3) is 0 Å². The molecular weight excluding hydrogens is 260 g/mol. The Bertz CT molecular complexity index is 514. The molecule has 0 heterocycles. The van der Waals surface area contributed by atoms with Gasteiger partial charge in [-0.3, -0.25) is 20.8 Å². The lowest BCUT2D eigenvalue weighted by Gasteiger charge is -2.26. The van der Waals surface area contributed by atoms with Crippen molar-refractivity contribution in [3.05, 3.63) is 33.9 Å². The number of nitro groups is 1. The van der Waals surface area contributed by atoms with Gasteiger partial charge >= 0.3 is 0 Å². The van der Waals surface area contributed by atoms with Crippen molar-refractivity contribution < 1.29 is 9.72 Å². The number of nitrogens with zero attached hydrogens (tertiary/aromatic N) is 1. The minimum absolute atomic E-state index is 0.151. The smallest absolute Gasteiger partial charge is 0.270 e. The molecule has 0 radical (unpaired) electrons. The summed E-state index contributed by atoms with van der Waals surface area (Å²) >= 11 is 0. The fourth-order valence-electron chi connectivity index (χ4n) is 2.02. The zero-order valence-corrected chi connectivity index (χ0v) is 11.9. The Balaban J connectivity index is 3.07. The van der Waals surface area contributed by atoms with Gasteiger partial charge in [0.25, 0.3) is 11.6 Å². The van der Waals surface area contributed by atoms with Gasteiger partial charge in [-0.1, -0.05) is 13.3 Å². The topological polar surface area (TPSA) is 110 Å². The first-order chi connectivity index (χ1) is 9.30. The van der Waals surface area contributed by atoms with Crippen LogP contribution in [0.15, 0.2) is 18.2 Å². The van der Waals surface area contributed by atoms with Crippen LogP contribution in [0.4, 0.5) is 11.4 Å². The number of carbonyl (C=O) groups excluding carboxylic acids is 1. The van der Waals surface area contributed by atoms with Crippen molar-refractivity contribution >= 4 is 17.3 Å². The fraction of sp³-hybridized carbons (Fsp3) is 0.462. The molecule has 20 heavy (non-hydrogen) atoms. The monoisotopic (exact) mass is 280 g/mol. The van der Waals surface area contributed by atoms with Gasteiger partial charge in [-0.05, 0) is 26.3 Å². The maximum absolute atomic E-state index is 12.3. The van der Waals surface area contributed by atoms with Gasteiger partial charge in [-0.25, -0.2) is 0 Å². The number of nitrogens with two attached hydrogens (primary N) is 1. The van der Waals surface area contributed by atoms with Crippen LogP contribution in [-0.4, -0.2) is 16.4 Å². The lowest BCUT2D eigenvalue weighted by molar-refractivity contribution is -0.384. The standard InChI is InChI=1S/C13H20N4O3/c1-4-7-13(2,3)15-12(18)10-8-9(17(19)20)5-6-11(10)16-14/h5-6,8,16H,4,7,14H2,1-3H3,(H,15,18). The largest absolute Gasteiger partial charge is 0.347 e. The zero-order chi connectivity index (χ0) is 15.3. The molecule has 4 N–H and O–H groups in total. The van der Waals surface area contributed by atoms with E-state index in [9.17, 15) is 14.9 Å². The van der Waals surface area contributed by atoms with Gasteiger partial charge in [0, 0.05) is 17.7 Å². The maximum atomic E-state index is 12.3. The van der Waals surface area contributed by atoms with Crippen LogP contribution in [-0.2, 0) is 0 Å². The minimum atomic E-state index is -0.547. The molecule has 0 atom stereocenters. The number of carbonyl (C=O) groups is 1. The van der Waals surface area contributed by atoms with Crippen LogP contribution >= 0.6 is 0 Å². The third-order valence-electron chi connectivity index (χ3n) is 2.94. The summed E-state index contributed by atoms with van der Waals surface area (Å²) in [5.41, 5.74) is 2.35. The van der Waals surface area contributed by atoms with Crippen molar-refractivity contribution in [2.24, 2.45) is 5.84 Å². The summed E-state index contributed by atoms with van der Waals surface area (Å²) in [7, 11) is 0. The molecule has 7 heteroatoms. The Morgan fingerprint density at radius 1 is 1.45 bits per heavy atom. The average molecular weight is 280 g/mol. The Morgan fingerprint density at radius 2 is 2.10 bits per heavy atom. The third kappa shape index (κ3) is 3.92. The van der Waals surface area contributed by atoms with E-state index < -0.39 is 4.92 Å². The lowest BCUT2D eigenvalue weighted by Crippen LogP contribution is -2.43. The number of hydrogen-bond acceptors (Lipinski definition) is 5. The van der Waals surface area contributed by atoms with Crippen LogP contribution in [0.2, 0.25) is 0 Å². The van der Waals surface area contributed by atoms with Gasteiger partial charge in [0.15, 0.2) is 0 Å². The highest BCUT2D eigenvalue weighted by atomic mass is 16.6. The molecule has 7 nitrogen and oxygen atoms in total. The maximum Gasteiger partial charge on any atom is 0.270 e. The van der Waals surface area contributed by atoms with E-state index in [0.29, 0.717) is 5.69 Å². The van der Waals surface area contributed by atoms with Crippen LogP contribution in [0, 0.1) is 10.1 Å². The zero-order valence-electron chi connectivity index (χ0n) is 11.9. The SMILES string of the molecule is CCCC(C)(C)NC(=O)c1cc([N+](=O)[O-])ccc1NN. The first kappa shape index (κ1) is 15.9. The normalized spacial score (nSPS) is 11.0. The number of hydrogen-bond donors (Lipinski definition) is 3. The van der Waals surface area contributed by atoms with E-state index in [0.717, 1.165) is 12.8 Å². The van der Waals surface area contributed by atoms with Crippen molar-refractivity contribution in [1.82, 2.24) is 5.32 Å². The Hall–Kier alpha value is -2.15. The number of nitro benzene ring substituents is 1. The van der Waals surface area contributed by atoms with Crippen LogP contribution in [0.5, 0.6) is 0 Å². The molecule has 0 aliphatic rings. The van der Waals surface area contributed by atoms with Crippen LogP contribution in [0.1, 0.15) is 44.0 Å². The number of nitrogens with one attached hydrogen (secondary N) is 2. The molecule has 1 aromatic rings. The Morgan fingerprint density at radius 3 is 2.60 bits per heavy atom. The number of rotatable bonds is 6.